The lowest BCUT2D eigenvalue weighted by atomic mass is 10.2. The zero-order valence-electron chi connectivity index (χ0n) is 8.21. The van der Waals surface area contributed by atoms with Crippen LogP contribution < -0.4 is 4.74 Å². The molecule has 0 amide bonds. The maximum absolute atomic E-state index is 11.9. The Morgan fingerprint density at radius 1 is 1.27 bits per heavy atom. The van der Waals surface area contributed by atoms with Crippen molar-refractivity contribution in [2.24, 2.45) is 0 Å². The third-order valence-corrected chi connectivity index (χ3v) is 1.79. The van der Waals surface area contributed by atoms with Gasteiger partial charge in [0, 0.05) is 5.56 Å². The second-order valence-electron chi connectivity index (χ2n) is 2.96. The lowest BCUT2D eigenvalue weighted by Crippen LogP contribution is -2.03. The van der Waals surface area contributed by atoms with Crippen molar-refractivity contribution in [1.29, 1.82) is 0 Å². The van der Waals surface area contributed by atoms with Gasteiger partial charge >= 0.3 is 6.18 Å². The van der Waals surface area contributed by atoms with Gasteiger partial charge in [-0.1, -0.05) is 30.4 Å². The molecule has 0 fully saturated rings. The smallest absolute Gasteiger partial charge is 0.392 e. The lowest BCUT2D eigenvalue weighted by Gasteiger charge is -2.04. The summed E-state index contributed by atoms with van der Waals surface area (Å²) in [5.74, 6) is 0.566. The van der Waals surface area contributed by atoms with Gasteiger partial charge in [-0.15, -0.1) is 0 Å². The molecule has 4 heteroatoms. The van der Waals surface area contributed by atoms with Crippen molar-refractivity contribution in [3.05, 3.63) is 35.9 Å². The largest absolute Gasteiger partial charge is 0.496 e. The number of hydrogen-bond acceptors (Lipinski definition) is 1. The summed E-state index contributed by atoms with van der Waals surface area (Å²) in [4.78, 5) is 0. The number of allylic oxidation sites excluding steroid dienone is 1. The summed E-state index contributed by atoms with van der Waals surface area (Å²) in [6.45, 7) is 0. The standard InChI is InChI=1S/C11H11F3O/c1-15-10-7-3-2-5-9(10)6-4-8-11(12,13)14/h2-7H,8H2,1H3. The third-order valence-electron chi connectivity index (χ3n) is 1.79. The quantitative estimate of drug-likeness (QED) is 0.749. The highest BCUT2D eigenvalue weighted by Crippen LogP contribution is 2.23. The van der Waals surface area contributed by atoms with E-state index in [0.29, 0.717) is 11.3 Å². The Hall–Kier alpha value is -1.45. The van der Waals surface area contributed by atoms with Crippen molar-refractivity contribution >= 4 is 6.08 Å². The molecule has 0 aliphatic carbocycles. The van der Waals surface area contributed by atoms with Crippen LogP contribution in [0.2, 0.25) is 0 Å². The van der Waals surface area contributed by atoms with Crippen LogP contribution in [0.3, 0.4) is 0 Å². The van der Waals surface area contributed by atoms with Gasteiger partial charge in [-0.05, 0) is 6.07 Å². The summed E-state index contributed by atoms with van der Waals surface area (Å²) in [5, 5.41) is 0. The molecule has 0 heterocycles. The van der Waals surface area contributed by atoms with E-state index in [0.717, 1.165) is 6.08 Å². The predicted octanol–water partition coefficient (Wildman–Crippen LogP) is 3.66. The van der Waals surface area contributed by atoms with Gasteiger partial charge in [0.25, 0.3) is 0 Å². The molecule has 0 unspecified atom stereocenters. The average Bonchev–Trinajstić information content (AvgIpc) is 2.16. The Balaban J connectivity index is 2.72. The highest BCUT2D eigenvalue weighted by atomic mass is 19.4. The van der Waals surface area contributed by atoms with Crippen LogP contribution in [-0.4, -0.2) is 13.3 Å². The molecule has 0 saturated heterocycles. The van der Waals surface area contributed by atoms with E-state index in [2.05, 4.69) is 0 Å². The summed E-state index contributed by atoms with van der Waals surface area (Å²) in [6.07, 6.45) is -2.59. The van der Waals surface area contributed by atoms with E-state index in [9.17, 15) is 13.2 Å². The molecule has 1 aromatic rings. The molecular weight excluding hydrogens is 205 g/mol. The molecule has 82 valence electrons. The van der Waals surface area contributed by atoms with E-state index in [-0.39, 0.29) is 0 Å². The second kappa shape index (κ2) is 4.87. The van der Waals surface area contributed by atoms with Gasteiger partial charge in [0.15, 0.2) is 0 Å². The van der Waals surface area contributed by atoms with Gasteiger partial charge in [-0.3, -0.25) is 0 Å². The van der Waals surface area contributed by atoms with Crippen molar-refractivity contribution in [2.75, 3.05) is 7.11 Å². The van der Waals surface area contributed by atoms with E-state index in [4.69, 9.17) is 4.74 Å². The molecule has 1 rings (SSSR count). The van der Waals surface area contributed by atoms with Crippen LogP contribution in [-0.2, 0) is 0 Å². The summed E-state index contributed by atoms with van der Waals surface area (Å²) in [5.41, 5.74) is 0.643. The Kier molecular flexibility index (Phi) is 3.77. The van der Waals surface area contributed by atoms with Crippen molar-refractivity contribution in [2.45, 2.75) is 12.6 Å². The monoisotopic (exact) mass is 216 g/mol. The van der Waals surface area contributed by atoms with Gasteiger partial charge in [-0.2, -0.15) is 13.2 Å². The topological polar surface area (TPSA) is 9.23 Å². The van der Waals surface area contributed by atoms with E-state index in [1.807, 2.05) is 0 Å². The number of methoxy groups -OCH3 is 1. The molecule has 0 bridgehead atoms. The molecule has 1 aromatic carbocycles. The molecule has 0 spiro atoms. The van der Waals surface area contributed by atoms with Crippen LogP contribution in [0.5, 0.6) is 5.75 Å². The zero-order chi connectivity index (χ0) is 11.3. The van der Waals surface area contributed by atoms with Gasteiger partial charge < -0.3 is 4.74 Å². The third kappa shape index (κ3) is 4.06. The normalized spacial score (nSPS) is 12.0. The number of para-hydroxylation sites is 1. The molecule has 0 atom stereocenters. The maximum Gasteiger partial charge on any atom is 0.392 e. The van der Waals surface area contributed by atoms with Crippen LogP contribution >= 0.6 is 0 Å². The molecule has 0 aromatic heterocycles. The molecule has 1 nitrogen and oxygen atoms in total. The van der Waals surface area contributed by atoms with E-state index in [1.54, 1.807) is 24.3 Å². The lowest BCUT2D eigenvalue weighted by molar-refractivity contribution is -0.124. The second-order valence-corrected chi connectivity index (χ2v) is 2.96. The highest BCUT2D eigenvalue weighted by molar-refractivity contribution is 5.57. The predicted molar refractivity (Wildman–Crippen MR) is 52.7 cm³/mol. The first-order valence-electron chi connectivity index (χ1n) is 4.39. The molecule has 0 saturated carbocycles. The van der Waals surface area contributed by atoms with Crippen LogP contribution in [0.15, 0.2) is 30.3 Å². The minimum Gasteiger partial charge on any atom is -0.496 e. The molecule has 0 aliphatic rings. The van der Waals surface area contributed by atoms with Crippen LogP contribution in [0.25, 0.3) is 6.08 Å². The fraction of sp³-hybridized carbons (Fsp3) is 0.273. The maximum atomic E-state index is 11.9. The van der Waals surface area contributed by atoms with Crippen molar-refractivity contribution in [3.8, 4) is 5.75 Å². The molecule has 15 heavy (non-hydrogen) atoms. The van der Waals surface area contributed by atoms with Crippen LogP contribution in [0.1, 0.15) is 12.0 Å². The Morgan fingerprint density at radius 2 is 1.93 bits per heavy atom. The highest BCUT2D eigenvalue weighted by Gasteiger charge is 2.24. The zero-order valence-corrected chi connectivity index (χ0v) is 8.21. The van der Waals surface area contributed by atoms with Gasteiger partial charge in [0.2, 0.25) is 0 Å². The Morgan fingerprint density at radius 3 is 2.53 bits per heavy atom. The molecule has 0 radical (unpaired) electrons. The number of benzene rings is 1. The van der Waals surface area contributed by atoms with E-state index >= 15 is 0 Å². The van der Waals surface area contributed by atoms with Crippen LogP contribution in [0, 0.1) is 0 Å². The van der Waals surface area contributed by atoms with Crippen molar-refractivity contribution < 1.29 is 17.9 Å². The first-order chi connectivity index (χ1) is 7.03. The van der Waals surface area contributed by atoms with Gasteiger partial charge in [0.1, 0.15) is 5.75 Å². The Bertz CT molecular complexity index is 342. The Labute approximate surface area is 86.2 Å². The summed E-state index contributed by atoms with van der Waals surface area (Å²) in [7, 11) is 1.48. The SMILES string of the molecule is COc1ccccc1C=CCC(F)(F)F. The van der Waals surface area contributed by atoms with Crippen LogP contribution in [0.4, 0.5) is 13.2 Å². The van der Waals surface area contributed by atoms with Gasteiger partial charge in [0.05, 0.1) is 13.5 Å². The summed E-state index contributed by atoms with van der Waals surface area (Å²) < 4.78 is 40.6. The van der Waals surface area contributed by atoms with E-state index < -0.39 is 12.6 Å². The minimum absolute atomic E-state index is 0.566. The van der Waals surface area contributed by atoms with Crippen molar-refractivity contribution in [3.63, 3.8) is 0 Å². The van der Waals surface area contributed by atoms with E-state index in [1.165, 1.54) is 13.2 Å². The summed E-state index contributed by atoms with van der Waals surface area (Å²) >= 11 is 0. The summed E-state index contributed by atoms with van der Waals surface area (Å²) in [6, 6.07) is 6.91. The number of hydrogen-bond donors (Lipinski definition) is 0. The number of halogens is 3. The van der Waals surface area contributed by atoms with Gasteiger partial charge in [-0.25, -0.2) is 0 Å². The molecular formula is C11H11F3O. The van der Waals surface area contributed by atoms with Crippen molar-refractivity contribution in [1.82, 2.24) is 0 Å². The minimum atomic E-state index is -4.15. The molecule has 0 N–H and O–H groups in total. The fourth-order valence-corrected chi connectivity index (χ4v) is 1.12. The average molecular weight is 216 g/mol. The number of rotatable bonds is 3. The fourth-order valence-electron chi connectivity index (χ4n) is 1.12. The number of alkyl halides is 3. The first kappa shape index (κ1) is 11.6. The molecule has 0 aliphatic heterocycles. The first-order valence-corrected chi connectivity index (χ1v) is 4.39. The number of ether oxygens (including phenoxy) is 1.